The number of hydrogen-bond acceptors (Lipinski definition) is 26. The lowest BCUT2D eigenvalue weighted by Crippen LogP contribution is -2.57. The Labute approximate surface area is 607 Å². The van der Waals surface area contributed by atoms with Crippen LogP contribution in [0.25, 0.3) is 0 Å². The van der Waals surface area contributed by atoms with Crippen molar-refractivity contribution in [3.05, 3.63) is 119 Å². The molecule has 17 N–H and O–H groups in total. The summed E-state index contributed by atoms with van der Waals surface area (Å²) in [4.78, 5) is 189. The molecule has 0 saturated heterocycles. The molecule has 0 radical (unpaired) electrons. The van der Waals surface area contributed by atoms with Crippen LogP contribution in [0.3, 0.4) is 0 Å². The van der Waals surface area contributed by atoms with Crippen LogP contribution in [0.5, 0.6) is 11.5 Å². The van der Waals surface area contributed by atoms with E-state index in [1.165, 1.54) is 97.1 Å². The summed E-state index contributed by atoms with van der Waals surface area (Å²) in [6, 6.07) is 13.1. The number of carboxylic acids is 5. The van der Waals surface area contributed by atoms with Crippen LogP contribution in [0, 0.1) is 10.8 Å². The zero-order chi connectivity index (χ0) is 80.0. The number of carbonyl (C=O) groups excluding carboxylic acids is 10. The van der Waals surface area contributed by atoms with Crippen molar-refractivity contribution in [3.63, 3.8) is 0 Å². The highest BCUT2D eigenvalue weighted by Crippen LogP contribution is 2.22. The number of halogens is 3. The number of alkyl halides is 3. The first-order valence-corrected chi connectivity index (χ1v) is 31.4. The van der Waals surface area contributed by atoms with Crippen LogP contribution < -0.4 is 52.8 Å². The molecule has 0 unspecified atom stereocenters. The maximum absolute atomic E-state index is 13.7. The number of esters is 4. The van der Waals surface area contributed by atoms with Gasteiger partial charge in [-0.1, -0.05) is 24.3 Å². The molecule has 0 saturated carbocycles. The van der Waals surface area contributed by atoms with E-state index in [0.717, 1.165) is 0 Å². The van der Waals surface area contributed by atoms with Gasteiger partial charge in [0, 0.05) is 24.5 Å². The quantitative estimate of drug-likeness (QED) is 0.00524. The molecule has 41 nitrogen and oxygen atoms in total. The highest BCUT2D eigenvalue weighted by atomic mass is 19.4. The van der Waals surface area contributed by atoms with Crippen molar-refractivity contribution in [2.45, 2.75) is 69.2 Å². The minimum absolute atomic E-state index is 0.00505. The topological polar surface area (TPSA) is 619 Å². The lowest BCUT2D eigenvalue weighted by Gasteiger charge is -2.29. The molecular weight excluding hydrogens is 1460 g/mol. The van der Waals surface area contributed by atoms with E-state index in [1.54, 1.807) is 0 Å². The van der Waals surface area contributed by atoms with E-state index < -0.39 is 172 Å². The van der Waals surface area contributed by atoms with Crippen LogP contribution in [-0.2, 0) is 99.1 Å². The molecule has 108 heavy (non-hydrogen) atoms. The Morgan fingerprint density at radius 1 is 0.435 bits per heavy atom. The highest BCUT2D eigenvalue weighted by molar-refractivity contribution is 5.99. The number of carboxylic acid groups (broad SMARTS) is 5. The molecule has 0 aliphatic rings. The number of ether oxygens (including phenoxy) is 9. The van der Waals surface area contributed by atoms with Gasteiger partial charge in [0.25, 0.3) is 0 Å². The molecule has 0 aliphatic carbocycles. The number of anilines is 2. The monoisotopic (exact) mass is 1530 g/mol. The van der Waals surface area contributed by atoms with Gasteiger partial charge in [0.2, 0.25) is 23.6 Å². The molecule has 4 aromatic carbocycles. The van der Waals surface area contributed by atoms with Crippen molar-refractivity contribution in [1.29, 1.82) is 10.8 Å². The van der Waals surface area contributed by atoms with Gasteiger partial charge in [0.15, 0.2) is 11.9 Å². The van der Waals surface area contributed by atoms with Gasteiger partial charge < -0.3 is 112 Å². The van der Waals surface area contributed by atoms with Crippen molar-refractivity contribution in [3.8, 4) is 11.5 Å². The van der Waals surface area contributed by atoms with Gasteiger partial charge in [-0.15, -0.1) is 0 Å². The summed E-state index contributed by atoms with van der Waals surface area (Å²) in [5.74, 6) is -21.6. The van der Waals surface area contributed by atoms with Crippen LogP contribution >= 0.6 is 0 Å². The first-order chi connectivity index (χ1) is 51.1. The zero-order valence-corrected chi connectivity index (χ0v) is 56.5. The van der Waals surface area contributed by atoms with Crippen molar-refractivity contribution >= 4 is 113 Å². The molecule has 4 atom stereocenters. The summed E-state index contributed by atoms with van der Waals surface area (Å²) < 4.78 is 85.2. The third-order valence-corrected chi connectivity index (χ3v) is 13.6. The maximum atomic E-state index is 13.7. The summed E-state index contributed by atoms with van der Waals surface area (Å²) in [5, 5.41) is 76.3. The van der Waals surface area contributed by atoms with E-state index >= 15 is 0 Å². The smallest absolute Gasteiger partial charge is 0.481 e. The van der Waals surface area contributed by atoms with Gasteiger partial charge in [-0.25, -0.2) is 28.8 Å². The fourth-order valence-corrected chi connectivity index (χ4v) is 8.69. The zero-order valence-electron chi connectivity index (χ0n) is 56.5. The first-order valence-electron chi connectivity index (χ1n) is 31.4. The lowest BCUT2D eigenvalue weighted by atomic mass is 10.1. The fraction of sp³-hybridized carbons (Fsp3) is 0.359. The Hall–Kier alpha value is -13.1. The van der Waals surface area contributed by atoms with Gasteiger partial charge in [-0.2, -0.15) is 13.2 Å². The van der Waals surface area contributed by atoms with E-state index in [1.807, 2.05) is 10.6 Å². The lowest BCUT2D eigenvalue weighted by molar-refractivity contribution is -0.202. The number of aliphatic carboxylic acids is 5. The Balaban J connectivity index is 1.19. The van der Waals surface area contributed by atoms with Gasteiger partial charge in [0.05, 0.1) is 89.7 Å². The summed E-state index contributed by atoms with van der Waals surface area (Å²) in [7, 11) is 0. The normalized spacial score (nSPS) is 11.9. The number of rotatable bonds is 45. The van der Waals surface area contributed by atoms with E-state index in [4.69, 9.17) is 60.2 Å². The second kappa shape index (κ2) is 44.5. The largest absolute Gasteiger partial charge is 0.491 e. The molecule has 44 heteroatoms. The van der Waals surface area contributed by atoms with Crippen LogP contribution in [-0.4, -0.2) is 246 Å². The number of nitrogens with one attached hydrogen (secondary N) is 8. The fourth-order valence-electron chi connectivity index (χ4n) is 8.69. The molecular formula is C64H73F3N12O29. The predicted molar refractivity (Wildman–Crippen MR) is 355 cm³/mol. The molecule has 4 rings (SSSR count). The molecule has 0 heterocycles. The number of guanidine groups is 2. The van der Waals surface area contributed by atoms with Crippen LogP contribution in [0.1, 0.15) is 57.5 Å². The van der Waals surface area contributed by atoms with Crippen LogP contribution in [0.15, 0.2) is 97.1 Å². The van der Waals surface area contributed by atoms with Gasteiger partial charge in [0.1, 0.15) is 62.0 Å². The number of hydrogen-bond donors (Lipinski definition) is 15. The number of nitrogens with zero attached hydrogens (tertiary/aromatic N) is 2. The Bertz CT molecular complexity index is 3850. The van der Waals surface area contributed by atoms with E-state index in [9.17, 15) is 111 Å². The van der Waals surface area contributed by atoms with E-state index in [2.05, 4.69) is 26.0 Å². The molecule has 6 amide bonds. The molecule has 584 valence electrons. The average Bonchev–Trinajstić information content (AvgIpc) is 0.853. The highest BCUT2D eigenvalue weighted by Gasteiger charge is 2.44. The van der Waals surface area contributed by atoms with E-state index in [0.29, 0.717) is 11.4 Å². The third-order valence-electron chi connectivity index (χ3n) is 13.6. The summed E-state index contributed by atoms with van der Waals surface area (Å²) >= 11 is 0. The Morgan fingerprint density at radius 3 is 1.08 bits per heavy atom. The standard InChI is InChI=1S/C64H73F3N12O29/c65-64(66,67)59(97)108-52(90)32-79(63(99)105-34-36-3-15-42(16-4-36)107-58(96)38-7-11-40(12-8-38)75-61(70)71)46(30-50(86)87)56(94)77-44(28-48(82)83)54(92)73-18-20-101-22-24-103-26-25-102-23-21-100-19-17-72-53(91)43(27-47(80)81)76-55(93)45(29-49(84)85)78(31-51(88)89)62(98)104-33-35-1-13-41(14-2-35)106-57(95)37-5-9-39(10-6-37)74-60(68)69/h1-16,43-46H,17-34H2,(H,72,91)(H,73,92)(H,76,93)(H,77,94)(H,80,81)(H,82,83)(H,84,85)(H,86,87)(H,88,89)(H4,68,69,74)(H4,70,71,75)/t43-,44-,45-,46-/m0/s1. The molecule has 0 spiro atoms. The molecule has 0 bridgehead atoms. The number of amides is 6. The van der Waals surface area contributed by atoms with Gasteiger partial charge >= 0.3 is 72.1 Å². The Kier molecular flexibility index (Phi) is 36.0. The van der Waals surface area contributed by atoms with Gasteiger partial charge in [-0.05, 0) is 83.9 Å². The van der Waals surface area contributed by atoms with Crippen molar-refractivity contribution < 1.29 is 153 Å². The SMILES string of the molecule is N=C(N)Nc1ccc(C(=O)Oc2ccc(COC(=O)N(CC(=O)O)[C@@H](CC(=O)O)C(=O)N[C@@H](CC(=O)O)C(=O)NCCOCCOCCOCCOCCNC(=O)[C@H](CC(=O)O)NC(=O)[C@H](CC(=O)O)N(CC(=O)OC(=O)C(F)(F)F)C(=O)OCc3ccc(OC(=O)c4ccc(NC(=N)N)cc4)cc3)cc2)cc1. The number of carbonyl (C=O) groups is 15. The maximum Gasteiger partial charge on any atom is 0.491 e. The summed E-state index contributed by atoms with van der Waals surface area (Å²) in [6.07, 6.45) is -14.0. The summed E-state index contributed by atoms with van der Waals surface area (Å²) in [6.45, 7) is -5.72. The minimum Gasteiger partial charge on any atom is -0.481 e. The predicted octanol–water partition coefficient (Wildman–Crippen LogP) is -0.0658. The third kappa shape index (κ3) is 33.1. The number of nitrogens with two attached hydrogens (primary N) is 2. The average molecular weight is 1530 g/mol. The molecule has 0 aliphatic heterocycles. The first kappa shape index (κ1) is 87.3. The second-order valence-corrected chi connectivity index (χ2v) is 21.9. The summed E-state index contributed by atoms with van der Waals surface area (Å²) in [5.41, 5.74) is 12.0. The van der Waals surface area contributed by atoms with Crippen LogP contribution in [0.2, 0.25) is 0 Å². The molecule has 4 aromatic rings. The second-order valence-electron chi connectivity index (χ2n) is 21.9. The van der Waals surface area contributed by atoms with Crippen LogP contribution in [0.4, 0.5) is 34.1 Å². The molecule has 0 fully saturated rings. The van der Waals surface area contributed by atoms with Crippen molar-refractivity contribution in [2.75, 3.05) is 89.7 Å². The van der Waals surface area contributed by atoms with Crippen molar-refractivity contribution in [1.82, 2.24) is 31.1 Å². The Morgan fingerprint density at radius 2 is 0.769 bits per heavy atom. The van der Waals surface area contributed by atoms with Gasteiger partial charge in [-0.3, -0.25) is 63.8 Å². The number of benzene rings is 4. The molecule has 0 aromatic heterocycles. The minimum atomic E-state index is -5.75. The van der Waals surface area contributed by atoms with Crippen molar-refractivity contribution in [2.24, 2.45) is 11.5 Å². The van der Waals surface area contributed by atoms with E-state index in [-0.39, 0.29) is 121 Å².